The summed E-state index contributed by atoms with van der Waals surface area (Å²) in [5.41, 5.74) is 0. The van der Waals surface area contributed by atoms with E-state index in [1.165, 1.54) is 70.9 Å². The molecule has 0 amide bonds. The first-order chi connectivity index (χ1) is 9.35. The van der Waals surface area contributed by atoms with Crippen molar-refractivity contribution >= 4 is 0 Å². The molecule has 1 atom stereocenters. The zero-order valence-electron chi connectivity index (χ0n) is 12.8. The van der Waals surface area contributed by atoms with Crippen LogP contribution in [0.2, 0.25) is 0 Å². The fraction of sp³-hybridized carbons (Fsp3) is 0.882. The molecule has 1 saturated heterocycles. The second-order valence-electron chi connectivity index (χ2n) is 6.44. The molecule has 0 aromatic heterocycles. The minimum Gasteiger partial charge on any atom is -0.361 e. The van der Waals surface area contributed by atoms with Gasteiger partial charge in [0.05, 0.1) is 6.67 Å². The summed E-state index contributed by atoms with van der Waals surface area (Å²) in [6, 6.07) is 0.743. The molecule has 0 N–H and O–H groups in total. The summed E-state index contributed by atoms with van der Waals surface area (Å²) >= 11 is 0. The summed E-state index contributed by atoms with van der Waals surface area (Å²) in [6.07, 6.45) is 14.9. The number of hydrogen-bond donors (Lipinski definition) is 0. The molecule has 0 radical (unpaired) electrons. The molecule has 1 aliphatic heterocycles. The Labute approximate surface area is 119 Å². The Bertz CT molecular complexity index is 256. The summed E-state index contributed by atoms with van der Waals surface area (Å²) in [4.78, 5) is 5.15. The van der Waals surface area contributed by atoms with Gasteiger partial charge in [-0.3, -0.25) is 4.90 Å². The van der Waals surface area contributed by atoms with Crippen LogP contribution in [0.25, 0.3) is 0 Å². The zero-order valence-corrected chi connectivity index (χ0v) is 12.8. The molecule has 1 unspecified atom stereocenters. The molecule has 1 heterocycles. The van der Waals surface area contributed by atoms with Gasteiger partial charge in [0.15, 0.2) is 0 Å². The molecule has 2 rings (SSSR count). The van der Waals surface area contributed by atoms with Crippen LogP contribution < -0.4 is 0 Å². The standard InChI is InChI=1S/C17H32N2/c1-3-5-13-18-14-17(19(4-2)15-18)16-11-9-7-6-8-10-12-16/h4,16-17H,2-3,5-15H2,1H3. The van der Waals surface area contributed by atoms with Gasteiger partial charge in [-0.1, -0.05) is 52.0 Å². The first-order valence-electron chi connectivity index (χ1n) is 8.45. The average Bonchev–Trinajstić information content (AvgIpc) is 2.79. The number of nitrogens with zero attached hydrogens (tertiary/aromatic N) is 2. The van der Waals surface area contributed by atoms with Crippen LogP contribution >= 0.6 is 0 Å². The monoisotopic (exact) mass is 264 g/mol. The Morgan fingerprint density at radius 3 is 2.42 bits per heavy atom. The van der Waals surface area contributed by atoms with Crippen molar-refractivity contribution in [3.05, 3.63) is 12.8 Å². The van der Waals surface area contributed by atoms with Gasteiger partial charge in [-0.05, 0) is 37.9 Å². The van der Waals surface area contributed by atoms with E-state index in [-0.39, 0.29) is 0 Å². The Hall–Kier alpha value is -0.500. The largest absolute Gasteiger partial charge is 0.361 e. The molecule has 0 spiro atoms. The fourth-order valence-electron chi connectivity index (χ4n) is 3.79. The highest BCUT2D eigenvalue weighted by atomic mass is 15.4. The maximum absolute atomic E-state index is 4.04. The van der Waals surface area contributed by atoms with Crippen LogP contribution in [0.1, 0.15) is 64.7 Å². The van der Waals surface area contributed by atoms with Crippen LogP contribution in [0.15, 0.2) is 12.8 Å². The molecule has 0 bridgehead atoms. The Balaban J connectivity index is 1.90. The highest BCUT2D eigenvalue weighted by Gasteiger charge is 2.33. The predicted octanol–water partition coefficient (Wildman–Crippen LogP) is 4.23. The van der Waals surface area contributed by atoms with Gasteiger partial charge in [-0.15, -0.1) is 0 Å². The van der Waals surface area contributed by atoms with Gasteiger partial charge in [-0.25, -0.2) is 0 Å². The normalized spacial score (nSPS) is 27.2. The summed E-state index contributed by atoms with van der Waals surface area (Å²) in [7, 11) is 0. The summed E-state index contributed by atoms with van der Waals surface area (Å²) in [5, 5.41) is 0. The smallest absolute Gasteiger partial charge is 0.0705 e. The van der Waals surface area contributed by atoms with Gasteiger partial charge in [0, 0.05) is 12.6 Å². The van der Waals surface area contributed by atoms with Crippen LogP contribution in [-0.4, -0.2) is 35.6 Å². The molecule has 0 aromatic rings. The molecule has 2 nitrogen and oxygen atoms in total. The fourth-order valence-corrected chi connectivity index (χ4v) is 3.79. The molecular formula is C17H32N2. The minimum absolute atomic E-state index is 0.743. The lowest BCUT2D eigenvalue weighted by atomic mass is 9.85. The SMILES string of the molecule is C=CN1CN(CCCC)CC1C1CCCCCCC1. The van der Waals surface area contributed by atoms with E-state index in [9.17, 15) is 0 Å². The van der Waals surface area contributed by atoms with Crippen molar-refractivity contribution in [1.29, 1.82) is 0 Å². The van der Waals surface area contributed by atoms with Crippen LogP contribution in [0.5, 0.6) is 0 Å². The van der Waals surface area contributed by atoms with Gasteiger partial charge in [0.1, 0.15) is 0 Å². The first kappa shape index (κ1) is 14.9. The second-order valence-corrected chi connectivity index (χ2v) is 6.44. The van der Waals surface area contributed by atoms with E-state index in [2.05, 4.69) is 29.5 Å². The molecule has 0 aromatic carbocycles. The van der Waals surface area contributed by atoms with Crippen molar-refractivity contribution in [1.82, 2.24) is 9.80 Å². The van der Waals surface area contributed by atoms with Gasteiger partial charge in [0.2, 0.25) is 0 Å². The maximum Gasteiger partial charge on any atom is 0.0705 e. The van der Waals surface area contributed by atoms with E-state index < -0.39 is 0 Å². The van der Waals surface area contributed by atoms with Crippen LogP contribution in [0.3, 0.4) is 0 Å². The molecule has 1 aliphatic carbocycles. The minimum atomic E-state index is 0.743. The second kappa shape index (κ2) is 7.94. The summed E-state index contributed by atoms with van der Waals surface area (Å²) in [6.45, 7) is 9.99. The Kier molecular flexibility index (Phi) is 6.22. The third-order valence-corrected chi connectivity index (χ3v) is 4.99. The highest BCUT2D eigenvalue weighted by Crippen LogP contribution is 2.30. The lowest BCUT2D eigenvalue weighted by molar-refractivity contribution is 0.221. The topological polar surface area (TPSA) is 6.48 Å². The van der Waals surface area contributed by atoms with E-state index in [0.29, 0.717) is 0 Å². The zero-order chi connectivity index (χ0) is 13.5. The van der Waals surface area contributed by atoms with Crippen molar-refractivity contribution in [2.24, 2.45) is 5.92 Å². The van der Waals surface area contributed by atoms with E-state index in [4.69, 9.17) is 0 Å². The lowest BCUT2D eigenvalue weighted by Crippen LogP contribution is -2.34. The average molecular weight is 264 g/mol. The quantitative estimate of drug-likeness (QED) is 0.733. The van der Waals surface area contributed by atoms with E-state index in [1.54, 1.807) is 0 Å². The van der Waals surface area contributed by atoms with Crippen molar-refractivity contribution in [3.63, 3.8) is 0 Å². The van der Waals surface area contributed by atoms with E-state index in [0.717, 1.165) is 18.6 Å². The number of rotatable bonds is 5. The molecular weight excluding hydrogens is 232 g/mol. The highest BCUT2D eigenvalue weighted by molar-refractivity contribution is 4.92. The molecule has 2 fully saturated rings. The van der Waals surface area contributed by atoms with E-state index >= 15 is 0 Å². The lowest BCUT2D eigenvalue weighted by Gasteiger charge is -2.31. The van der Waals surface area contributed by atoms with Crippen LogP contribution in [0.4, 0.5) is 0 Å². The van der Waals surface area contributed by atoms with Gasteiger partial charge in [-0.2, -0.15) is 0 Å². The summed E-state index contributed by atoms with van der Waals surface area (Å²) < 4.78 is 0. The molecule has 110 valence electrons. The van der Waals surface area contributed by atoms with Crippen LogP contribution in [0, 0.1) is 5.92 Å². The van der Waals surface area contributed by atoms with Crippen molar-refractivity contribution in [3.8, 4) is 0 Å². The molecule has 19 heavy (non-hydrogen) atoms. The van der Waals surface area contributed by atoms with Gasteiger partial charge in [0.25, 0.3) is 0 Å². The molecule has 1 saturated carbocycles. The van der Waals surface area contributed by atoms with Crippen molar-refractivity contribution in [2.45, 2.75) is 70.8 Å². The maximum atomic E-state index is 4.04. The first-order valence-corrected chi connectivity index (χ1v) is 8.45. The third-order valence-electron chi connectivity index (χ3n) is 4.99. The molecule has 2 heteroatoms. The summed E-state index contributed by atoms with van der Waals surface area (Å²) in [5.74, 6) is 0.907. The predicted molar refractivity (Wildman–Crippen MR) is 83.0 cm³/mol. The van der Waals surface area contributed by atoms with Crippen molar-refractivity contribution in [2.75, 3.05) is 19.8 Å². The Morgan fingerprint density at radius 2 is 1.79 bits per heavy atom. The number of hydrogen-bond acceptors (Lipinski definition) is 2. The van der Waals surface area contributed by atoms with Crippen molar-refractivity contribution < 1.29 is 0 Å². The van der Waals surface area contributed by atoms with E-state index in [1.807, 2.05) is 0 Å². The number of unbranched alkanes of at least 4 members (excludes halogenated alkanes) is 1. The molecule has 2 aliphatic rings. The van der Waals surface area contributed by atoms with Gasteiger partial charge < -0.3 is 4.90 Å². The van der Waals surface area contributed by atoms with Gasteiger partial charge >= 0.3 is 0 Å². The Morgan fingerprint density at radius 1 is 1.11 bits per heavy atom. The third kappa shape index (κ3) is 4.24. The van der Waals surface area contributed by atoms with Crippen LogP contribution in [-0.2, 0) is 0 Å².